The molecule has 1 aliphatic heterocycles. The summed E-state index contributed by atoms with van der Waals surface area (Å²) in [6.07, 6.45) is 2.70. The van der Waals surface area contributed by atoms with Crippen LogP contribution in [0.3, 0.4) is 0 Å². The molecule has 28 heavy (non-hydrogen) atoms. The molecule has 0 bridgehead atoms. The van der Waals surface area contributed by atoms with Crippen LogP contribution in [0.1, 0.15) is 33.5 Å². The molecule has 0 fully saturated rings. The number of fused-ring (bicyclic) bond motifs is 5. The normalized spacial score (nSPS) is 15.1. The van der Waals surface area contributed by atoms with E-state index in [2.05, 4.69) is 0 Å². The molecule has 2 aromatic carbocycles. The van der Waals surface area contributed by atoms with Crippen LogP contribution in [0.2, 0.25) is 0 Å². The summed E-state index contributed by atoms with van der Waals surface area (Å²) in [6, 6.07) is 11.1. The molecule has 0 saturated heterocycles. The fraction of sp³-hybridized carbons (Fsp3) is 0.273. The molecule has 6 nitrogen and oxygen atoms in total. The number of benzene rings is 2. The first-order valence-electron chi connectivity index (χ1n) is 9.32. The Morgan fingerprint density at radius 3 is 2.61 bits per heavy atom. The third kappa shape index (κ3) is 2.56. The van der Waals surface area contributed by atoms with E-state index in [1.165, 1.54) is 7.11 Å². The molecule has 142 valence electrons. The molecule has 1 aliphatic carbocycles. The highest BCUT2D eigenvalue weighted by Gasteiger charge is 2.26. The molecule has 0 saturated carbocycles. The van der Waals surface area contributed by atoms with Crippen LogP contribution in [-0.4, -0.2) is 19.8 Å². The maximum absolute atomic E-state index is 12.4. The number of hydrogen-bond donors (Lipinski definition) is 0. The second-order valence-corrected chi connectivity index (χ2v) is 7.13. The topological polar surface area (TPSA) is 69.0 Å². The van der Waals surface area contributed by atoms with Crippen LogP contribution in [0.5, 0.6) is 5.75 Å². The molecule has 0 N–H and O–H groups in total. The molecule has 0 radical (unpaired) electrons. The maximum atomic E-state index is 12.4. The summed E-state index contributed by atoms with van der Waals surface area (Å²) in [7, 11) is 1.36. The van der Waals surface area contributed by atoms with Crippen LogP contribution in [-0.2, 0) is 24.1 Å². The SMILES string of the molecule is COC(=O)c1ccc(N2COc3ccc4c5c(c(=O)oc4c3C2)CCC5)cc1. The Labute approximate surface area is 161 Å². The number of rotatable bonds is 2. The zero-order valence-corrected chi connectivity index (χ0v) is 15.5. The van der Waals surface area contributed by atoms with Gasteiger partial charge in [0, 0.05) is 16.6 Å². The third-order valence-corrected chi connectivity index (χ3v) is 5.58. The summed E-state index contributed by atoms with van der Waals surface area (Å²) < 4.78 is 16.4. The van der Waals surface area contributed by atoms with Gasteiger partial charge in [-0.15, -0.1) is 0 Å². The van der Waals surface area contributed by atoms with E-state index in [9.17, 15) is 9.59 Å². The highest BCUT2D eigenvalue weighted by atomic mass is 16.5. The van der Waals surface area contributed by atoms with Crippen LogP contribution in [0.25, 0.3) is 11.0 Å². The van der Waals surface area contributed by atoms with E-state index in [1.54, 1.807) is 12.1 Å². The lowest BCUT2D eigenvalue weighted by molar-refractivity contribution is 0.0601. The Morgan fingerprint density at radius 2 is 1.82 bits per heavy atom. The molecule has 2 heterocycles. The van der Waals surface area contributed by atoms with Crippen LogP contribution in [0.4, 0.5) is 5.69 Å². The molecule has 0 amide bonds. The molecule has 0 spiro atoms. The van der Waals surface area contributed by atoms with Crippen molar-refractivity contribution in [1.29, 1.82) is 0 Å². The zero-order chi connectivity index (χ0) is 19.3. The number of esters is 1. The minimum Gasteiger partial charge on any atom is -0.473 e. The molecule has 2 aliphatic rings. The van der Waals surface area contributed by atoms with Crippen LogP contribution >= 0.6 is 0 Å². The molecular formula is C22H19NO5. The smallest absolute Gasteiger partial charge is 0.339 e. The van der Waals surface area contributed by atoms with Gasteiger partial charge >= 0.3 is 11.6 Å². The lowest BCUT2D eigenvalue weighted by atomic mass is 10.0. The van der Waals surface area contributed by atoms with Crippen molar-refractivity contribution in [2.75, 3.05) is 18.7 Å². The van der Waals surface area contributed by atoms with Gasteiger partial charge in [-0.25, -0.2) is 9.59 Å². The Hall–Kier alpha value is -3.28. The quantitative estimate of drug-likeness (QED) is 0.503. The van der Waals surface area contributed by atoms with Crippen LogP contribution in [0, 0.1) is 0 Å². The van der Waals surface area contributed by atoms with Gasteiger partial charge in [-0.1, -0.05) is 0 Å². The number of carbonyl (C=O) groups is 1. The van der Waals surface area contributed by atoms with Gasteiger partial charge in [0.15, 0.2) is 6.73 Å². The number of methoxy groups -OCH3 is 1. The average Bonchev–Trinajstić information content (AvgIpc) is 3.24. The molecule has 3 aromatic rings. The van der Waals surface area contributed by atoms with Gasteiger partial charge in [0.05, 0.1) is 24.8 Å². The van der Waals surface area contributed by atoms with E-state index in [1.807, 2.05) is 29.2 Å². The molecule has 0 atom stereocenters. The Morgan fingerprint density at radius 1 is 1.04 bits per heavy atom. The Bertz CT molecular complexity index is 1150. The number of carbonyl (C=O) groups excluding carboxylic acids is 1. The summed E-state index contributed by atoms with van der Waals surface area (Å²) in [5.41, 5.74) is 4.63. The van der Waals surface area contributed by atoms with Crippen LogP contribution < -0.4 is 15.3 Å². The van der Waals surface area contributed by atoms with E-state index < -0.39 is 0 Å². The maximum Gasteiger partial charge on any atom is 0.339 e. The van der Waals surface area contributed by atoms with Gasteiger partial charge in [-0.2, -0.15) is 0 Å². The van der Waals surface area contributed by atoms with Crippen molar-refractivity contribution in [2.24, 2.45) is 0 Å². The monoisotopic (exact) mass is 377 g/mol. The van der Waals surface area contributed by atoms with E-state index in [-0.39, 0.29) is 11.6 Å². The summed E-state index contributed by atoms with van der Waals surface area (Å²) in [4.78, 5) is 26.1. The lowest BCUT2D eigenvalue weighted by Gasteiger charge is -2.31. The fourth-order valence-electron chi connectivity index (χ4n) is 4.15. The molecule has 5 rings (SSSR count). The predicted molar refractivity (Wildman–Crippen MR) is 104 cm³/mol. The minimum atomic E-state index is -0.367. The first-order valence-corrected chi connectivity index (χ1v) is 9.32. The summed E-state index contributed by atoms with van der Waals surface area (Å²) in [6.45, 7) is 0.942. The lowest BCUT2D eigenvalue weighted by Crippen LogP contribution is -2.32. The Balaban J connectivity index is 1.54. The average molecular weight is 377 g/mol. The van der Waals surface area contributed by atoms with Gasteiger partial charge in [-0.05, 0) is 61.2 Å². The highest BCUT2D eigenvalue weighted by molar-refractivity contribution is 5.90. The van der Waals surface area contributed by atoms with E-state index in [4.69, 9.17) is 13.9 Å². The van der Waals surface area contributed by atoms with E-state index in [0.29, 0.717) is 24.4 Å². The van der Waals surface area contributed by atoms with Crippen molar-refractivity contribution >= 4 is 22.6 Å². The molecule has 1 aromatic heterocycles. The third-order valence-electron chi connectivity index (χ3n) is 5.58. The molecular weight excluding hydrogens is 358 g/mol. The van der Waals surface area contributed by atoms with Crippen LogP contribution in [0.15, 0.2) is 45.6 Å². The number of nitrogens with zero attached hydrogens (tertiary/aromatic N) is 1. The Kier molecular flexibility index (Phi) is 3.86. The van der Waals surface area contributed by atoms with Gasteiger partial charge in [-0.3, -0.25) is 0 Å². The van der Waals surface area contributed by atoms with Crippen molar-refractivity contribution in [3.63, 3.8) is 0 Å². The van der Waals surface area contributed by atoms with Crippen molar-refractivity contribution in [1.82, 2.24) is 0 Å². The first-order chi connectivity index (χ1) is 13.7. The van der Waals surface area contributed by atoms with Crippen molar-refractivity contribution in [3.05, 3.63) is 69.1 Å². The van der Waals surface area contributed by atoms with Crippen molar-refractivity contribution in [3.8, 4) is 5.75 Å². The largest absolute Gasteiger partial charge is 0.473 e. The second-order valence-electron chi connectivity index (χ2n) is 7.13. The highest BCUT2D eigenvalue weighted by Crippen LogP contribution is 2.37. The fourth-order valence-corrected chi connectivity index (χ4v) is 4.15. The van der Waals surface area contributed by atoms with Gasteiger partial charge in [0.25, 0.3) is 0 Å². The van der Waals surface area contributed by atoms with Gasteiger partial charge in [0.1, 0.15) is 11.3 Å². The number of ether oxygens (including phenoxy) is 2. The summed E-state index contributed by atoms with van der Waals surface area (Å²) in [5.74, 6) is 0.379. The zero-order valence-electron chi connectivity index (χ0n) is 15.5. The number of anilines is 1. The standard InChI is InChI=1S/C22H19NO5/c1-26-21(24)13-5-7-14(8-6-13)23-11-18-19(27-12-23)10-9-16-15-3-2-4-17(15)22(25)28-20(16)18/h5-10H,2-4,11-12H2,1H3. The number of hydrogen-bond acceptors (Lipinski definition) is 6. The summed E-state index contributed by atoms with van der Waals surface area (Å²) >= 11 is 0. The second kappa shape index (κ2) is 6.41. The molecule has 6 heteroatoms. The minimum absolute atomic E-state index is 0.229. The van der Waals surface area contributed by atoms with Crippen molar-refractivity contribution < 1.29 is 18.7 Å². The van der Waals surface area contributed by atoms with Gasteiger partial charge in [0.2, 0.25) is 0 Å². The number of aryl methyl sites for hydroxylation is 1. The summed E-state index contributed by atoms with van der Waals surface area (Å²) in [5, 5.41) is 1.01. The predicted octanol–water partition coefficient (Wildman–Crippen LogP) is 3.42. The van der Waals surface area contributed by atoms with Gasteiger partial charge < -0.3 is 18.8 Å². The van der Waals surface area contributed by atoms with E-state index >= 15 is 0 Å². The molecule has 0 unspecified atom stereocenters. The van der Waals surface area contributed by atoms with E-state index in [0.717, 1.165) is 52.8 Å². The first kappa shape index (κ1) is 16.9. The van der Waals surface area contributed by atoms with Crippen molar-refractivity contribution in [2.45, 2.75) is 25.8 Å².